The molecule has 0 spiro atoms. The van der Waals surface area contributed by atoms with Crippen molar-refractivity contribution in [2.24, 2.45) is 0 Å². The van der Waals surface area contributed by atoms with Crippen molar-refractivity contribution < 1.29 is 18.1 Å². The number of benzene rings is 1. The van der Waals surface area contributed by atoms with E-state index in [1.807, 2.05) is 11.8 Å². The molecule has 0 aromatic heterocycles. The van der Waals surface area contributed by atoms with Crippen molar-refractivity contribution in [1.82, 2.24) is 4.90 Å². The molecule has 23 heavy (non-hydrogen) atoms. The zero-order chi connectivity index (χ0) is 17.2. The number of hydrogen-bond acceptors (Lipinski definition) is 4. The third-order valence-corrected chi connectivity index (χ3v) is 4.10. The molecule has 0 unspecified atom stereocenters. The van der Waals surface area contributed by atoms with Crippen LogP contribution in [-0.4, -0.2) is 48.2 Å². The van der Waals surface area contributed by atoms with Crippen molar-refractivity contribution in [2.45, 2.75) is 25.6 Å². The fourth-order valence-corrected chi connectivity index (χ4v) is 2.93. The van der Waals surface area contributed by atoms with Gasteiger partial charge in [-0.15, -0.1) is 0 Å². The Hall–Kier alpha value is -1.54. The molecule has 0 bridgehead atoms. The van der Waals surface area contributed by atoms with Gasteiger partial charge in [0.1, 0.15) is 5.69 Å². The van der Waals surface area contributed by atoms with Gasteiger partial charge in [-0.2, -0.15) is 13.2 Å². The molecule has 0 amide bonds. The smallest absolute Gasteiger partial charge is 0.361 e. The third-order valence-electron chi connectivity index (χ3n) is 3.87. The Balaban J connectivity index is 2.10. The molecule has 1 fully saturated rings. The van der Waals surface area contributed by atoms with Crippen molar-refractivity contribution >= 4 is 23.0 Å². The Kier molecular flexibility index (Phi) is 5.36. The van der Waals surface area contributed by atoms with Crippen LogP contribution < -0.4 is 4.90 Å². The van der Waals surface area contributed by atoms with Crippen molar-refractivity contribution in [3.05, 3.63) is 33.3 Å². The van der Waals surface area contributed by atoms with Gasteiger partial charge in [0.2, 0.25) is 0 Å². The first-order valence-electron chi connectivity index (χ1n) is 7.17. The lowest BCUT2D eigenvalue weighted by molar-refractivity contribution is -0.384. The molecular weight excluding hydrogens is 335 g/mol. The minimum Gasteiger partial charge on any atom is -0.361 e. The zero-order valence-corrected chi connectivity index (χ0v) is 13.3. The molecule has 1 aromatic rings. The molecule has 9 heteroatoms. The monoisotopic (exact) mass is 351 g/mol. The SMILES string of the molecule is C[C@H]1CN(CCC(F)(F)F)CCN1c1cc(Cl)ccc1[N+](=O)[O-]. The van der Waals surface area contributed by atoms with Gasteiger partial charge < -0.3 is 4.90 Å². The van der Waals surface area contributed by atoms with Crippen LogP contribution in [0.5, 0.6) is 0 Å². The first-order valence-corrected chi connectivity index (χ1v) is 7.55. The average Bonchev–Trinajstić information content (AvgIpc) is 2.44. The minimum absolute atomic E-state index is 0.0509. The van der Waals surface area contributed by atoms with Crippen LogP contribution in [0.2, 0.25) is 5.02 Å². The number of hydrogen-bond donors (Lipinski definition) is 0. The van der Waals surface area contributed by atoms with Crippen LogP contribution in [0.1, 0.15) is 13.3 Å². The lowest BCUT2D eigenvalue weighted by atomic mass is 10.1. The van der Waals surface area contributed by atoms with E-state index in [4.69, 9.17) is 11.6 Å². The number of nitro groups is 1. The molecule has 1 heterocycles. The molecule has 0 radical (unpaired) electrons. The first kappa shape index (κ1) is 17.8. The maximum atomic E-state index is 12.3. The molecule has 0 N–H and O–H groups in total. The molecule has 0 saturated carbocycles. The van der Waals surface area contributed by atoms with Gasteiger partial charge in [-0.1, -0.05) is 11.6 Å². The number of nitrogens with zero attached hydrogens (tertiary/aromatic N) is 3. The summed E-state index contributed by atoms with van der Waals surface area (Å²) in [5.41, 5.74) is 0.357. The van der Waals surface area contributed by atoms with Crippen molar-refractivity contribution in [3.63, 3.8) is 0 Å². The number of halogens is 4. The van der Waals surface area contributed by atoms with Gasteiger partial charge in [0.15, 0.2) is 0 Å². The lowest BCUT2D eigenvalue weighted by Gasteiger charge is -2.41. The Labute approximate surface area is 136 Å². The average molecular weight is 352 g/mol. The van der Waals surface area contributed by atoms with E-state index >= 15 is 0 Å². The quantitative estimate of drug-likeness (QED) is 0.613. The molecule has 1 aromatic carbocycles. The van der Waals surface area contributed by atoms with E-state index in [0.29, 0.717) is 30.3 Å². The molecule has 1 aliphatic heterocycles. The summed E-state index contributed by atoms with van der Waals surface area (Å²) in [7, 11) is 0. The zero-order valence-electron chi connectivity index (χ0n) is 12.5. The summed E-state index contributed by atoms with van der Waals surface area (Å²) in [4.78, 5) is 14.2. The summed E-state index contributed by atoms with van der Waals surface area (Å²) >= 11 is 5.93. The van der Waals surface area contributed by atoms with Crippen LogP contribution in [0, 0.1) is 10.1 Å². The number of nitro benzene ring substituents is 1. The largest absolute Gasteiger partial charge is 0.390 e. The van der Waals surface area contributed by atoms with Crippen molar-refractivity contribution in [3.8, 4) is 0 Å². The van der Waals surface area contributed by atoms with Gasteiger partial charge in [0, 0.05) is 43.3 Å². The molecule has 1 atom stereocenters. The number of alkyl halides is 3. The Morgan fingerprint density at radius 1 is 1.39 bits per heavy atom. The third kappa shape index (κ3) is 4.71. The van der Waals surface area contributed by atoms with Gasteiger partial charge in [-0.25, -0.2) is 0 Å². The minimum atomic E-state index is -4.17. The highest BCUT2D eigenvalue weighted by molar-refractivity contribution is 6.31. The summed E-state index contributed by atoms with van der Waals surface area (Å²) in [6.45, 7) is 3.04. The number of piperazine rings is 1. The Morgan fingerprint density at radius 3 is 2.65 bits per heavy atom. The summed E-state index contributed by atoms with van der Waals surface area (Å²) in [6.07, 6.45) is -5.02. The van der Waals surface area contributed by atoms with Crippen LogP contribution >= 0.6 is 11.6 Å². The van der Waals surface area contributed by atoms with Crippen LogP contribution in [0.3, 0.4) is 0 Å². The van der Waals surface area contributed by atoms with Crippen LogP contribution in [0.15, 0.2) is 18.2 Å². The maximum Gasteiger partial charge on any atom is 0.390 e. The van der Waals surface area contributed by atoms with Crippen LogP contribution in [0.4, 0.5) is 24.5 Å². The van der Waals surface area contributed by atoms with Crippen molar-refractivity contribution in [2.75, 3.05) is 31.1 Å². The first-order chi connectivity index (χ1) is 10.7. The molecule has 0 aliphatic carbocycles. The molecule has 128 valence electrons. The van der Waals surface area contributed by atoms with Gasteiger partial charge in [-0.05, 0) is 19.1 Å². The standard InChI is InChI=1S/C14H17ClF3N3O2/c1-10-9-19(5-4-14(16,17)18)6-7-20(10)13-8-11(15)2-3-12(13)21(22)23/h2-3,8,10H,4-7,9H2,1H3/t10-/m0/s1. The lowest BCUT2D eigenvalue weighted by Crippen LogP contribution is -2.52. The highest BCUT2D eigenvalue weighted by atomic mass is 35.5. The second-order valence-corrected chi connectivity index (χ2v) is 6.03. The van der Waals surface area contributed by atoms with Crippen LogP contribution in [-0.2, 0) is 0 Å². The molecule has 5 nitrogen and oxygen atoms in total. The van der Waals surface area contributed by atoms with E-state index in [1.54, 1.807) is 4.90 Å². The summed E-state index contributed by atoms with van der Waals surface area (Å²) in [6, 6.07) is 4.18. The fraction of sp³-hybridized carbons (Fsp3) is 0.571. The Bertz CT molecular complexity index is 583. The van der Waals surface area contributed by atoms with E-state index in [-0.39, 0.29) is 18.3 Å². The second-order valence-electron chi connectivity index (χ2n) is 5.60. The van der Waals surface area contributed by atoms with Crippen molar-refractivity contribution in [1.29, 1.82) is 0 Å². The number of anilines is 1. The van der Waals surface area contributed by atoms with Gasteiger partial charge in [-0.3, -0.25) is 15.0 Å². The molecule has 1 aliphatic rings. The van der Waals surface area contributed by atoms with Gasteiger partial charge in [0.05, 0.1) is 11.3 Å². The van der Waals surface area contributed by atoms with Crippen LogP contribution in [0.25, 0.3) is 0 Å². The summed E-state index contributed by atoms with van der Waals surface area (Å²) in [5.74, 6) is 0. The van der Waals surface area contributed by atoms with E-state index in [2.05, 4.69) is 0 Å². The van der Waals surface area contributed by atoms with E-state index < -0.39 is 17.5 Å². The van der Waals surface area contributed by atoms with E-state index in [1.165, 1.54) is 18.2 Å². The topological polar surface area (TPSA) is 49.6 Å². The molecule has 2 rings (SSSR count). The number of rotatable bonds is 4. The second kappa shape index (κ2) is 6.92. The fourth-order valence-electron chi connectivity index (χ4n) is 2.76. The van der Waals surface area contributed by atoms with Gasteiger partial charge >= 0.3 is 6.18 Å². The predicted octanol–water partition coefficient (Wildman–Crippen LogP) is 3.71. The highest BCUT2D eigenvalue weighted by Crippen LogP contribution is 2.33. The van der Waals surface area contributed by atoms with E-state index in [9.17, 15) is 23.3 Å². The molecule has 1 saturated heterocycles. The van der Waals surface area contributed by atoms with Gasteiger partial charge in [0.25, 0.3) is 5.69 Å². The molecular formula is C14H17ClF3N3O2. The summed E-state index contributed by atoms with van der Waals surface area (Å²) < 4.78 is 36.9. The van der Waals surface area contributed by atoms with E-state index in [0.717, 1.165) is 0 Å². The Morgan fingerprint density at radius 2 is 2.09 bits per heavy atom. The summed E-state index contributed by atoms with van der Waals surface area (Å²) in [5, 5.41) is 11.5. The highest BCUT2D eigenvalue weighted by Gasteiger charge is 2.32. The normalized spacial score (nSPS) is 19.9. The predicted molar refractivity (Wildman–Crippen MR) is 82.0 cm³/mol. The maximum absolute atomic E-state index is 12.3.